The van der Waals surface area contributed by atoms with Gasteiger partial charge in [0, 0.05) is 10.6 Å². The summed E-state index contributed by atoms with van der Waals surface area (Å²) in [6, 6.07) is 6.47. The molecule has 0 atom stereocenters. The Morgan fingerprint density at radius 2 is 2.00 bits per heavy atom. The first-order valence-corrected chi connectivity index (χ1v) is 6.68. The maximum absolute atomic E-state index is 5.69. The van der Waals surface area contributed by atoms with Gasteiger partial charge in [-0.05, 0) is 25.5 Å². The lowest BCUT2D eigenvalue weighted by Crippen LogP contribution is -1.89. The highest BCUT2D eigenvalue weighted by Crippen LogP contribution is 2.25. The fraction of sp³-hybridized carbons (Fsp3) is 0.231. The molecular weight excluding hydrogens is 252 g/mol. The Balaban J connectivity index is 2.04. The Bertz CT molecular complexity index is 511. The fourth-order valence-electron chi connectivity index (χ4n) is 1.53. The standard InChI is InChI=1S/C13H13ClN2S/c1-9-3-4-12(10(2)5-9)17-8-11-6-16-13(14)7-15-11/h3-7H,8H2,1-2H3. The van der Waals surface area contributed by atoms with Gasteiger partial charge in [-0.2, -0.15) is 0 Å². The average Bonchev–Trinajstić information content (AvgIpc) is 2.30. The number of aryl methyl sites for hydroxylation is 2. The highest BCUT2D eigenvalue weighted by atomic mass is 35.5. The average molecular weight is 265 g/mol. The Morgan fingerprint density at radius 3 is 2.65 bits per heavy atom. The molecule has 88 valence electrons. The summed E-state index contributed by atoms with van der Waals surface area (Å²) in [5, 5.41) is 0.435. The van der Waals surface area contributed by atoms with Gasteiger partial charge in [0.15, 0.2) is 0 Å². The van der Waals surface area contributed by atoms with Crippen LogP contribution in [0.4, 0.5) is 0 Å². The van der Waals surface area contributed by atoms with Crippen LogP contribution in [0.15, 0.2) is 35.5 Å². The van der Waals surface area contributed by atoms with Gasteiger partial charge in [-0.1, -0.05) is 29.3 Å². The minimum Gasteiger partial charge on any atom is -0.256 e. The van der Waals surface area contributed by atoms with E-state index in [-0.39, 0.29) is 0 Å². The van der Waals surface area contributed by atoms with Crippen LogP contribution in [-0.2, 0) is 5.75 Å². The maximum atomic E-state index is 5.69. The molecule has 0 unspecified atom stereocenters. The summed E-state index contributed by atoms with van der Waals surface area (Å²) in [5.41, 5.74) is 3.54. The molecule has 0 saturated heterocycles. The van der Waals surface area contributed by atoms with Crippen LogP contribution in [0.3, 0.4) is 0 Å². The number of aromatic nitrogens is 2. The van der Waals surface area contributed by atoms with E-state index < -0.39 is 0 Å². The molecule has 0 aliphatic heterocycles. The molecule has 4 heteroatoms. The summed E-state index contributed by atoms with van der Waals surface area (Å²) in [6.07, 6.45) is 3.30. The summed E-state index contributed by atoms with van der Waals surface area (Å²) < 4.78 is 0. The Morgan fingerprint density at radius 1 is 1.18 bits per heavy atom. The predicted molar refractivity (Wildman–Crippen MR) is 72.5 cm³/mol. The molecule has 0 saturated carbocycles. The second-order valence-corrected chi connectivity index (χ2v) is 5.29. The second kappa shape index (κ2) is 5.52. The third-order valence-electron chi connectivity index (χ3n) is 2.38. The van der Waals surface area contributed by atoms with Crippen LogP contribution >= 0.6 is 23.4 Å². The minimum absolute atomic E-state index is 0.435. The molecule has 0 N–H and O–H groups in total. The minimum atomic E-state index is 0.435. The lowest BCUT2D eigenvalue weighted by Gasteiger charge is -2.06. The van der Waals surface area contributed by atoms with Crippen molar-refractivity contribution in [1.29, 1.82) is 0 Å². The van der Waals surface area contributed by atoms with Crippen LogP contribution in [-0.4, -0.2) is 9.97 Å². The molecule has 0 radical (unpaired) electrons. The lowest BCUT2D eigenvalue weighted by atomic mass is 10.2. The van der Waals surface area contributed by atoms with Gasteiger partial charge < -0.3 is 0 Å². The van der Waals surface area contributed by atoms with Crippen LogP contribution in [0.1, 0.15) is 16.8 Å². The van der Waals surface area contributed by atoms with Gasteiger partial charge in [-0.3, -0.25) is 4.98 Å². The normalized spacial score (nSPS) is 10.5. The first-order valence-electron chi connectivity index (χ1n) is 5.31. The molecule has 1 heterocycles. The zero-order chi connectivity index (χ0) is 12.3. The zero-order valence-corrected chi connectivity index (χ0v) is 11.3. The van der Waals surface area contributed by atoms with Crippen molar-refractivity contribution in [3.8, 4) is 0 Å². The van der Waals surface area contributed by atoms with Gasteiger partial charge in [-0.25, -0.2) is 4.98 Å². The van der Waals surface area contributed by atoms with Crippen molar-refractivity contribution in [3.63, 3.8) is 0 Å². The van der Waals surface area contributed by atoms with Crippen LogP contribution in [0, 0.1) is 13.8 Å². The first-order chi connectivity index (χ1) is 8.15. The molecule has 17 heavy (non-hydrogen) atoms. The van der Waals surface area contributed by atoms with Crippen molar-refractivity contribution in [2.24, 2.45) is 0 Å². The number of benzene rings is 1. The van der Waals surface area contributed by atoms with Crippen molar-refractivity contribution < 1.29 is 0 Å². The SMILES string of the molecule is Cc1ccc(SCc2cnc(Cl)cn2)c(C)c1. The quantitative estimate of drug-likeness (QED) is 0.783. The van der Waals surface area contributed by atoms with Gasteiger partial charge in [0.2, 0.25) is 0 Å². The molecular formula is C13H13ClN2S. The largest absolute Gasteiger partial charge is 0.256 e. The predicted octanol–water partition coefficient (Wildman–Crippen LogP) is 4.04. The van der Waals surface area contributed by atoms with Crippen molar-refractivity contribution >= 4 is 23.4 Å². The van der Waals surface area contributed by atoms with E-state index in [0.29, 0.717) is 5.15 Å². The maximum Gasteiger partial charge on any atom is 0.147 e. The summed E-state index contributed by atoms with van der Waals surface area (Å²) in [7, 11) is 0. The number of thioether (sulfide) groups is 1. The van der Waals surface area contributed by atoms with E-state index in [1.165, 1.54) is 16.0 Å². The molecule has 2 rings (SSSR count). The molecule has 2 nitrogen and oxygen atoms in total. The van der Waals surface area contributed by atoms with Gasteiger partial charge in [0.1, 0.15) is 5.15 Å². The smallest absolute Gasteiger partial charge is 0.147 e. The lowest BCUT2D eigenvalue weighted by molar-refractivity contribution is 1.10. The topological polar surface area (TPSA) is 25.8 Å². The van der Waals surface area contributed by atoms with Gasteiger partial charge in [-0.15, -0.1) is 11.8 Å². The van der Waals surface area contributed by atoms with E-state index in [1.807, 2.05) is 0 Å². The second-order valence-electron chi connectivity index (χ2n) is 3.89. The molecule has 2 aromatic rings. The molecule has 0 aliphatic carbocycles. The molecule has 1 aromatic carbocycles. The highest BCUT2D eigenvalue weighted by Gasteiger charge is 2.01. The first kappa shape index (κ1) is 12.4. The molecule has 0 fully saturated rings. The zero-order valence-electron chi connectivity index (χ0n) is 9.77. The van der Waals surface area contributed by atoms with Gasteiger partial charge in [0.25, 0.3) is 0 Å². The number of hydrogen-bond donors (Lipinski definition) is 0. The summed E-state index contributed by atoms with van der Waals surface area (Å²) in [4.78, 5) is 9.53. The Kier molecular flexibility index (Phi) is 4.02. The van der Waals surface area contributed by atoms with E-state index in [1.54, 1.807) is 24.2 Å². The van der Waals surface area contributed by atoms with Crippen molar-refractivity contribution in [2.45, 2.75) is 24.5 Å². The number of rotatable bonds is 3. The van der Waals surface area contributed by atoms with Gasteiger partial charge >= 0.3 is 0 Å². The molecule has 0 bridgehead atoms. The molecule has 0 amide bonds. The van der Waals surface area contributed by atoms with E-state index in [9.17, 15) is 0 Å². The van der Waals surface area contributed by atoms with Crippen LogP contribution in [0.5, 0.6) is 0 Å². The number of hydrogen-bond acceptors (Lipinski definition) is 3. The van der Waals surface area contributed by atoms with Crippen molar-refractivity contribution in [2.75, 3.05) is 0 Å². The van der Waals surface area contributed by atoms with Crippen LogP contribution in [0.2, 0.25) is 5.15 Å². The van der Waals surface area contributed by atoms with E-state index in [2.05, 4.69) is 42.0 Å². The van der Waals surface area contributed by atoms with E-state index in [4.69, 9.17) is 11.6 Å². The molecule has 0 aliphatic rings. The highest BCUT2D eigenvalue weighted by molar-refractivity contribution is 7.98. The number of halogens is 1. The molecule has 0 spiro atoms. The third-order valence-corrected chi connectivity index (χ3v) is 3.78. The van der Waals surface area contributed by atoms with Crippen molar-refractivity contribution in [1.82, 2.24) is 9.97 Å². The summed E-state index contributed by atoms with van der Waals surface area (Å²) >= 11 is 7.46. The Labute approximate surface area is 110 Å². The Hall–Kier alpha value is -1.06. The van der Waals surface area contributed by atoms with E-state index >= 15 is 0 Å². The molecule has 1 aromatic heterocycles. The third kappa shape index (κ3) is 3.45. The van der Waals surface area contributed by atoms with Crippen LogP contribution < -0.4 is 0 Å². The number of nitrogens with zero attached hydrogens (tertiary/aromatic N) is 2. The summed E-state index contributed by atoms with van der Waals surface area (Å²) in [5.74, 6) is 0.814. The monoisotopic (exact) mass is 264 g/mol. The van der Waals surface area contributed by atoms with Gasteiger partial charge in [0.05, 0.1) is 18.1 Å². The van der Waals surface area contributed by atoms with E-state index in [0.717, 1.165) is 11.4 Å². The fourth-order valence-corrected chi connectivity index (χ4v) is 2.53. The van der Waals surface area contributed by atoms with Crippen molar-refractivity contribution in [3.05, 3.63) is 52.6 Å². The van der Waals surface area contributed by atoms with Crippen LogP contribution in [0.25, 0.3) is 0 Å². The summed E-state index contributed by atoms with van der Waals surface area (Å²) in [6.45, 7) is 4.23.